The molecule has 17 heavy (non-hydrogen) atoms. The highest BCUT2D eigenvalue weighted by molar-refractivity contribution is 6.05. The zero-order valence-electron chi connectivity index (χ0n) is 9.93. The van der Waals surface area contributed by atoms with E-state index in [4.69, 9.17) is 5.11 Å². The number of nitrogens with zero attached hydrogens (tertiary/aromatic N) is 1. The summed E-state index contributed by atoms with van der Waals surface area (Å²) >= 11 is 0. The van der Waals surface area contributed by atoms with Crippen LogP contribution in [0, 0.1) is 17.8 Å². The predicted octanol–water partition coefficient (Wildman–Crippen LogP) is 0.732. The van der Waals surface area contributed by atoms with Gasteiger partial charge in [-0.2, -0.15) is 0 Å². The number of allylic oxidation sites excluding steroid dienone is 3. The molecule has 2 aliphatic rings. The summed E-state index contributed by atoms with van der Waals surface area (Å²) in [6, 6.07) is 0. The molecule has 2 amide bonds. The number of aliphatic hydroxyl groups excluding tert-OH is 1. The first-order chi connectivity index (χ1) is 8.11. The Hall–Kier alpha value is -1.42. The fourth-order valence-corrected chi connectivity index (χ4v) is 2.95. The fraction of sp³-hybridized carbons (Fsp3) is 0.538. The molecule has 1 heterocycles. The van der Waals surface area contributed by atoms with E-state index < -0.39 is 0 Å². The van der Waals surface area contributed by atoms with Gasteiger partial charge >= 0.3 is 0 Å². The van der Waals surface area contributed by atoms with Crippen LogP contribution in [-0.2, 0) is 9.59 Å². The van der Waals surface area contributed by atoms with E-state index >= 15 is 0 Å². The summed E-state index contributed by atoms with van der Waals surface area (Å²) in [6.07, 6.45) is 4.81. The van der Waals surface area contributed by atoms with Gasteiger partial charge in [-0.05, 0) is 24.3 Å². The van der Waals surface area contributed by atoms with Crippen LogP contribution in [0.15, 0.2) is 24.3 Å². The Balaban J connectivity index is 2.36. The highest BCUT2D eigenvalue weighted by Gasteiger charge is 2.50. The average molecular weight is 235 g/mol. The molecule has 1 aliphatic carbocycles. The lowest BCUT2D eigenvalue weighted by atomic mass is 9.72. The lowest BCUT2D eigenvalue weighted by Gasteiger charge is -2.29. The van der Waals surface area contributed by atoms with Crippen LogP contribution >= 0.6 is 0 Å². The lowest BCUT2D eigenvalue weighted by Crippen LogP contribution is -2.32. The first-order valence-electron chi connectivity index (χ1n) is 5.86. The molecule has 2 rings (SSSR count). The van der Waals surface area contributed by atoms with Crippen LogP contribution in [0.2, 0.25) is 0 Å². The molecule has 0 unspecified atom stereocenters. The van der Waals surface area contributed by atoms with Crippen LogP contribution in [-0.4, -0.2) is 35.5 Å². The van der Waals surface area contributed by atoms with Crippen molar-refractivity contribution in [2.24, 2.45) is 17.8 Å². The van der Waals surface area contributed by atoms with E-state index in [1.54, 1.807) is 6.08 Å². The molecule has 4 heteroatoms. The van der Waals surface area contributed by atoms with Gasteiger partial charge in [0.1, 0.15) is 0 Å². The van der Waals surface area contributed by atoms with E-state index in [1.165, 1.54) is 11.9 Å². The molecule has 0 spiro atoms. The van der Waals surface area contributed by atoms with Crippen LogP contribution in [0.1, 0.15) is 12.8 Å². The van der Waals surface area contributed by atoms with E-state index in [2.05, 4.69) is 6.58 Å². The summed E-state index contributed by atoms with van der Waals surface area (Å²) in [7, 11) is 1.53. The molecule has 3 atom stereocenters. The summed E-state index contributed by atoms with van der Waals surface area (Å²) in [5.41, 5.74) is 0.983. The Morgan fingerprint density at radius 1 is 1.53 bits per heavy atom. The smallest absolute Gasteiger partial charge is 0.233 e. The Morgan fingerprint density at radius 3 is 2.82 bits per heavy atom. The minimum absolute atomic E-state index is 0.0181. The van der Waals surface area contributed by atoms with Crippen molar-refractivity contribution in [2.45, 2.75) is 12.8 Å². The Bertz CT molecular complexity index is 399. The summed E-state index contributed by atoms with van der Waals surface area (Å²) in [4.78, 5) is 25.2. The van der Waals surface area contributed by atoms with Gasteiger partial charge in [-0.1, -0.05) is 18.7 Å². The van der Waals surface area contributed by atoms with Crippen molar-refractivity contribution < 1.29 is 14.7 Å². The van der Waals surface area contributed by atoms with Crippen molar-refractivity contribution in [1.29, 1.82) is 0 Å². The molecule has 4 nitrogen and oxygen atoms in total. The number of hydrogen-bond donors (Lipinski definition) is 1. The zero-order valence-corrected chi connectivity index (χ0v) is 9.93. The lowest BCUT2D eigenvalue weighted by molar-refractivity contribution is -0.138. The third-order valence-electron chi connectivity index (χ3n) is 3.84. The van der Waals surface area contributed by atoms with Gasteiger partial charge in [-0.25, -0.2) is 0 Å². The topological polar surface area (TPSA) is 57.6 Å². The molecule has 0 aromatic heterocycles. The van der Waals surface area contributed by atoms with Crippen LogP contribution in [0.5, 0.6) is 0 Å². The van der Waals surface area contributed by atoms with Gasteiger partial charge in [0.05, 0.1) is 11.8 Å². The van der Waals surface area contributed by atoms with Crippen molar-refractivity contribution in [2.75, 3.05) is 13.7 Å². The Morgan fingerprint density at radius 2 is 2.24 bits per heavy atom. The minimum atomic E-state index is -0.308. The van der Waals surface area contributed by atoms with Crippen LogP contribution < -0.4 is 0 Å². The van der Waals surface area contributed by atoms with E-state index in [-0.39, 0.29) is 36.2 Å². The maximum atomic E-state index is 12.1. The number of rotatable bonds is 3. The highest BCUT2D eigenvalue weighted by Crippen LogP contribution is 2.42. The third-order valence-corrected chi connectivity index (χ3v) is 3.84. The average Bonchev–Trinajstić information content (AvgIpc) is 2.55. The van der Waals surface area contributed by atoms with E-state index in [0.29, 0.717) is 12.8 Å². The Kier molecular flexibility index (Phi) is 3.15. The standard InChI is InChI=1S/C13H17NO3/c1-3-8-4-5-10-11(9(8)6-7-15)13(17)14(2)12(10)16/h3-4,9-11,15H,1,5-7H2,2H3/t9-,10+,11-/m1/s1. The molecule has 1 fully saturated rings. The van der Waals surface area contributed by atoms with E-state index in [1.807, 2.05) is 6.08 Å². The van der Waals surface area contributed by atoms with Crippen molar-refractivity contribution in [3.8, 4) is 0 Å². The minimum Gasteiger partial charge on any atom is -0.396 e. The van der Waals surface area contributed by atoms with Crippen LogP contribution in [0.4, 0.5) is 0 Å². The number of fused-ring (bicyclic) bond motifs is 1. The summed E-state index contributed by atoms with van der Waals surface area (Å²) in [5.74, 6) is -0.837. The van der Waals surface area contributed by atoms with Crippen LogP contribution in [0.3, 0.4) is 0 Å². The second-order valence-corrected chi connectivity index (χ2v) is 4.63. The van der Waals surface area contributed by atoms with Gasteiger partial charge in [0, 0.05) is 13.7 Å². The molecule has 0 radical (unpaired) electrons. The number of likely N-dealkylation sites (tertiary alicyclic amines) is 1. The summed E-state index contributed by atoms with van der Waals surface area (Å²) < 4.78 is 0. The second kappa shape index (κ2) is 4.45. The molecule has 1 N–H and O–H groups in total. The molecular weight excluding hydrogens is 218 g/mol. The van der Waals surface area contributed by atoms with Gasteiger partial charge in [0.25, 0.3) is 0 Å². The van der Waals surface area contributed by atoms with Crippen molar-refractivity contribution >= 4 is 11.8 Å². The van der Waals surface area contributed by atoms with Crippen molar-refractivity contribution in [1.82, 2.24) is 4.90 Å². The highest BCUT2D eigenvalue weighted by atomic mass is 16.3. The quantitative estimate of drug-likeness (QED) is 0.734. The SMILES string of the molecule is C=CC1=CC[C@@H]2C(=O)N(C)C(=O)[C@@H]2[C@@H]1CCO. The molecule has 1 aliphatic heterocycles. The molecular formula is C13H17NO3. The number of hydrogen-bond acceptors (Lipinski definition) is 3. The summed E-state index contributed by atoms with van der Waals surface area (Å²) in [6.45, 7) is 3.75. The van der Waals surface area contributed by atoms with Crippen molar-refractivity contribution in [3.05, 3.63) is 24.3 Å². The monoisotopic (exact) mass is 235 g/mol. The van der Waals surface area contributed by atoms with E-state index in [9.17, 15) is 9.59 Å². The van der Waals surface area contributed by atoms with Gasteiger partial charge in [0.15, 0.2) is 0 Å². The van der Waals surface area contributed by atoms with Gasteiger partial charge in [-0.15, -0.1) is 0 Å². The van der Waals surface area contributed by atoms with Gasteiger partial charge in [-0.3, -0.25) is 14.5 Å². The fourth-order valence-electron chi connectivity index (χ4n) is 2.95. The largest absolute Gasteiger partial charge is 0.396 e. The molecule has 92 valence electrons. The predicted molar refractivity (Wildman–Crippen MR) is 62.8 cm³/mol. The van der Waals surface area contributed by atoms with Crippen molar-refractivity contribution in [3.63, 3.8) is 0 Å². The second-order valence-electron chi connectivity index (χ2n) is 4.63. The first-order valence-corrected chi connectivity index (χ1v) is 5.86. The summed E-state index contributed by atoms with van der Waals surface area (Å²) in [5, 5.41) is 9.10. The molecule has 0 aromatic carbocycles. The molecule has 1 saturated heterocycles. The number of carbonyl (C=O) groups excluding carboxylic acids is 2. The number of amides is 2. The molecule has 0 bridgehead atoms. The van der Waals surface area contributed by atoms with Gasteiger partial charge < -0.3 is 5.11 Å². The normalized spacial score (nSPS) is 32.5. The maximum Gasteiger partial charge on any atom is 0.233 e. The number of imide groups is 1. The maximum absolute atomic E-state index is 12.1. The van der Waals surface area contributed by atoms with Crippen LogP contribution in [0.25, 0.3) is 0 Å². The number of carbonyl (C=O) groups is 2. The third kappa shape index (κ3) is 1.72. The van der Waals surface area contributed by atoms with E-state index in [0.717, 1.165) is 5.57 Å². The molecule has 0 saturated carbocycles. The first kappa shape index (κ1) is 12.0. The van der Waals surface area contributed by atoms with Gasteiger partial charge in [0.2, 0.25) is 11.8 Å². The molecule has 0 aromatic rings. The number of aliphatic hydroxyl groups is 1. The Labute approximate surface area is 101 Å². The zero-order chi connectivity index (χ0) is 12.6.